The molecule has 0 radical (unpaired) electrons. The zero-order chi connectivity index (χ0) is 10.9. The van der Waals surface area contributed by atoms with Crippen LogP contribution in [-0.4, -0.2) is 34.1 Å². The average Bonchev–Trinajstić information content (AvgIpc) is 2.71. The molecule has 5 nitrogen and oxygen atoms in total. The van der Waals surface area contributed by atoms with Crippen LogP contribution in [0.25, 0.3) is 0 Å². The Labute approximate surface area is 88.9 Å². The SMILES string of the molecule is O=C(CCCCO)NCCc1ncc[nH]1. The summed E-state index contributed by atoms with van der Waals surface area (Å²) in [5, 5.41) is 11.3. The third-order valence-corrected chi connectivity index (χ3v) is 2.05. The molecule has 1 rings (SSSR count). The minimum absolute atomic E-state index is 0.0370. The molecule has 0 aliphatic carbocycles. The molecule has 5 heteroatoms. The van der Waals surface area contributed by atoms with Crippen molar-refractivity contribution in [2.45, 2.75) is 25.7 Å². The number of aromatic nitrogens is 2. The monoisotopic (exact) mass is 211 g/mol. The lowest BCUT2D eigenvalue weighted by molar-refractivity contribution is -0.121. The highest BCUT2D eigenvalue weighted by Gasteiger charge is 2.00. The Balaban J connectivity index is 2.02. The Kier molecular flexibility index (Phi) is 5.47. The molecule has 1 heterocycles. The van der Waals surface area contributed by atoms with E-state index in [4.69, 9.17) is 5.11 Å². The van der Waals surface area contributed by atoms with Crippen molar-refractivity contribution in [1.29, 1.82) is 0 Å². The first-order valence-corrected chi connectivity index (χ1v) is 5.18. The second-order valence-corrected chi connectivity index (χ2v) is 3.32. The van der Waals surface area contributed by atoms with Crippen molar-refractivity contribution in [2.24, 2.45) is 0 Å². The van der Waals surface area contributed by atoms with Gasteiger partial charge in [-0.15, -0.1) is 0 Å². The van der Waals surface area contributed by atoms with Crippen molar-refractivity contribution in [1.82, 2.24) is 15.3 Å². The minimum atomic E-state index is 0.0370. The van der Waals surface area contributed by atoms with E-state index in [1.807, 2.05) is 0 Å². The van der Waals surface area contributed by atoms with Gasteiger partial charge in [-0.1, -0.05) is 0 Å². The van der Waals surface area contributed by atoms with Crippen LogP contribution < -0.4 is 5.32 Å². The largest absolute Gasteiger partial charge is 0.396 e. The van der Waals surface area contributed by atoms with Crippen molar-refractivity contribution in [3.8, 4) is 0 Å². The van der Waals surface area contributed by atoms with Gasteiger partial charge in [0.05, 0.1) is 0 Å². The Bertz CT molecular complexity index is 272. The quantitative estimate of drug-likeness (QED) is 0.565. The number of nitrogens with zero attached hydrogens (tertiary/aromatic N) is 1. The fourth-order valence-corrected chi connectivity index (χ4v) is 1.24. The van der Waals surface area contributed by atoms with Crippen LogP contribution in [0.1, 0.15) is 25.1 Å². The maximum Gasteiger partial charge on any atom is 0.220 e. The number of hydrogen-bond acceptors (Lipinski definition) is 3. The van der Waals surface area contributed by atoms with Crippen LogP contribution in [0.2, 0.25) is 0 Å². The second-order valence-electron chi connectivity index (χ2n) is 3.32. The number of aliphatic hydroxyl groups is 1. The number of amides is 1. The fourth-order valence-electron chi connectivity index (χ4n) is 1.24. The smallest absolute Gasteiger partial charge is 0.220 e. The van der Waals surface area contributed by atoms with Gasteiger partial charge >= 0.3 is 0 Å². The molecule has 1 aromatic rings. The van der Waals surface area contributed by atoms with E-state index in [-0.39, 0.29) is 12.5 Å². The first-order valence-electron chi connectivity index (χ1n) is 5.18. The molecule has 0 saturated carbocycles. The van der Waals surface area contributed by atoms with E-state index in [0.717, 1.165) is 18.7 Å². The number of aliphatic hydroxyl groups excluding tert-OH is 1. The molecular formula is C10H17N3O2. The number of nitrogens with one attached hydrogen (secondary N) is 2. The Hall–Kier alpha value is -1.36. The molecule has 0 bridgehead atoms. The van der Waals surface area contributed by atoms with Crippen molar-refractivity contribution in [3.63, 3.8) is 0 Å². The topological polar surface area (TPSA) is 78.0 Å². The summed E-state index contributed by atoms with van der Waals surface area (Å²) >= 11 is 0. The van der Waals surface area contributed by atoms with Crippen LogP contribution in [0.5, 0.6) is 0 Å². The standard InChI is InChI=1S/C10H17N3O2/c14-8-2-1-3-10(15)13-5-4-9-11-6-7-12-9/h6-7,14H,1-5,8H2,(H,11,12)(H,13,15). The van der Waals surface area contributed by atoms with Crippen molar-refractivity contribution in [2.75, 3.05) is 13.2 Å². The zero-order valence-electron chi connectivity index (χ0n) is 8.70. The van der Waals surface area contributed by atoms with Gasteiger partial charge in [0.25, 0.3) is 0 Å². The highest BCUT2D eigenvalue weighted by Crippen LogP contribution is 1.94. The van der Waals surface area contributed by atoms with E-state index in [2.05, 4.69) is 15.3 Å². The number of H-pyrrole nitrogens is 1. The average molecular weight is 211 g/mol. The van der Waals surface area contributed by atoms with Gasteiger partial charge in [-0.2, -0.15) is 0 Å². The van der Waals surface area contributed by atoms with Crippen LogP contribution >= 0.6 is 0 Å². The predicted octanol–water partition coefficient (Wildman–Crippen LogP) is 0.231. The summed E-state index contributed by atoms with van der Waals surface area (Å²) in [5.41, 5.74) is 0. The number of unbranched alkanes of at least 4 members (excludes halogenated alkanes) is 1. The van der Waals surface area contributed by atoms with Gasteiger partial charge in [0.1, 0.15) is 5.82 Å². The first-order chi connectivity index (χ1) is 7.33. The van der Waals surface area contributed by atoms with Crippen LogP contribution in [-0.2, 0) is 11.2 Å². The lowest BCUT2D eigenvalue weighted by atomic mass is 10.2. The number of imidazole rings is 1. The summed E-state index contributed by atoms with van der Waals surface area (Å²) in [7, 11) is 0. The lowest BCUT2D eigenvalue weighted by Gasteiger charge is -2.03. The molecule has 0 aliphatic heterocycles. The van der Waals surface area contributed by atoms with Crippen molar-refractivity contribution >= 4 is 5.91 Å². The minimum Gasteiger partial charge on any atom is -0.396 e. The van der Waals surface area contributed by atoms with Crippen molar-refractivity contribution in [3.05, 3.63) is 18.2 Å². The summed E-state index contributed by atoms with van der Waals surface area (Å²) in [6, 6.07) is 0. The molecule has 0 unspecified atom stereocenters. The molecule has 0 saturated heterocycles. The van der Waals surface area contributed by atoms with Gasteiger partial charge < -0.3 is 15.4 Å². The molecule has 0 fully saturated rings. The molecule has 84 valence electrons. The Morgan fingerprint density at radius 2 is 2.40 bits per heavy atom. The van der Waals surface area contributed by atoms with Gasteiger partial charge in [0, 0.05) is 38.4 Å². The van der Waals surface area contributed by atoms with Gasteiger partial charge in [-0.25, -0.2) is 4.98 Å². The maximum absolute atomic E-state index is 11.2. The number of carbonyl (C=O) groups excluding carboxylic acids is 1. The summed E-state index contributed by atoms with van der Waals surface area (Å²) in [6.45, 7) is 0.755. The summed E-state index contributed by atoms with van der Waals surface area (Å²) in [5.74, 6) is 0.917. The maximum atomic E-state index is 11.2. The fraction of sp³-hybridized carbons (Fsp3) is 0.600. The highest BCUT2D eigenvalue weighted by molar-refractivity contribution is 5.75. The predicted molar refractivity (Wildman–Crippen MR) is 56.2 cm³/mol. The zero-order valence-corrected chi connectivity index (χ0v) is 8.70. The summed E-state index contributed by atoms with van der Waals surface area (Å²) in [4.78, 5) is 18.2. The summed E-state index contributed by atoms with van der Waals surface area (Å²) in [6.07, 6.45) is 6.09. The first kappa shape index (κ1) is 11.7. The molecule has 15 heavy (non-hydrogen) atoms. The second kappa shape index (κ2) is 7.00. The van der Waals surface area contributed by atoms with E-state index in [0.29, 0.717) is 19.4 Å². The van der Waals surface area contributed by atoms with Crippen LogP contribution in [0, 0.1) is 0 Å². The molecule has 1 aromatic heterocycles. The van der Waals surface area contributed by atoms with Crippen LogP contribution in [0.3, 0.4) is 0 Å². The van der Waals surface area contributed by atoms with Gasteiger partial charge in [0.2, 0.25) is 5.91 Å². The molecule has 1 amide bonds. The van der Waals surface area contributed by atoms with E-state index in [1.54, 1.807) is 12.4 Å². The highest BCUT2D eigenvalue weighted by atomic mass is 16.2. The Morgan fingerprint density at radius 1 is 1.53 bits per heavy atom. The van der Waals surface area contributed by atoms with Crippen LogP contribution in [0.15, 0.2) is 12.4 Å². The van der Waals surface area contributed by atoms with Gasteiger partial charge in [0.15, 0.2) is 0 Å². The number of hydrogen-bond donors (Lipinski definition) is 3. The van der Waals surface area contributed by atoms with Gasteiger partial charge in [-0.3, -0.25) is 4.79 Å². The van der Waals surface area contributed by atoms with Crippen molar-refractivity contribution < 1.29 is 9.90 Å². The summed E-state index contributed by atoms with van der Waals surface area (Å²) < 4.78 is 0. The third-order valence-electron chi connectivity index (χ3n) is 2.05. The number of rotatable bonds is 7. The molecule has 0 aliphatic rings. The molecule has 0 spiro atoms. The molecule has 3 N–H and O–H groups in total. The van der Waals surface area contributed by atoms with Crippen LogP contribution in [0.4, 0.5) is 0 Å². The third kappa shape index (κ3) is 5.17. The number of aromatic amines is 1. The molecular weight excluding hydrogens is 194 g/mol. The Morgan fingerprint density at radius 3 is 3.07 bits per heavy atom. The van der Waals surface area contributed by atoms with E-state index >= 15 is 0 Å². The lowest BCUT2D eigenvalue weighted by Crippen LogP contribution is -2.25. The molecule has 0 aromatic carbocycles. The normalized spacial score (nSPS) is 10.2. The van der Waals surface area contributed by atoms with E-state index in [1.165, 1.54) is 0 Å². The van der Waals surface area contributed by atoms with E-state index < -0.39 is 0 Å². The number of carbonyl (C=O) groups is 1. The molecule has 0 atom stereocenters. The van der Waals surface area contributed by atoms with Gasteiger partial charge in [-0.05, 0) is 12.8 Å². The van der Waals surface area contributed by atoms with E-state index in [9.17, 15) is 4.79 Å².